The zero-order chi connectivity index (χ0) is 9.97. The number of ether oxygens (including phenoxy) is 1. The summed E-state index contributed by atoms with van der Waals surface area (Å²) in [6.07, 6.45) is 2.30. The molecular weight excluding hydrogens is 174 g/mol. The van der Waals surface area contributed by atoms with E-state index in [0.717, 1.165) is 0 Å². The topological polar surface area (TPSA) is 25.0 Å². The number of benzene rings is 1. The fraction of sp³-hybridized carbons (Fsp3) is 0.333. The van der Waals surface area contributed by atoms with Crippen LogP contribution < -0.4 is 0 Å². The van der Waals surface area contributed by atoms with Gasteiger partial charge in [-0.15, -0.1) is 0 Å². The van der Waals surface area contributed by atoms with Gasteiger partial charge in [-0.1, -0.05) is 18.2 Å². The number of aromatic amines is 1. The van der Waals surface area contributed by atoms with Crippen molar-refractivity contribution in [2.24, 2.45) is 0 Å². The predicted molar refractivity (Wildman–Crippen MR) is 58.2 cm³/mol. The monoisotopic (exact) mass is 189 g/mol. The van der Waals surface area contributed by atoms with E-state index in [1.807, 2.05) is 12.3 Å². The largest absolute Gasteiger partial charge is 0.374 e. The van der Waals surface area contributed by atoms with E-state index < -0.39 is 0 Å². The average Bonchev–Trinajstić information content (AvgIpc) is 2.58. The molecule has 2 aromatic rings. The van der Waals surface area contributed by atoms with Crippen LogP contribution in [0.25, 0.3) is 10.9 Å². The number of hydrogen-bond acceptors (Lipinski definition) is 1. The Hall–Kier alpha value is -1.28. The summed E-state index contributed by atoms with van der Waals surface area (Å²) in [6.45, 7) is 4.78. The molecule has 2 nitrogen and oxygen atoms in total. The normalized spacial score (nSPS) is 11.4. The van der Waals surface area contributed by atoms with Crippen LogP contribution in [0, 0.1) is 0 Å². The first kappa shape index (κ1) is 9.28. The van der Waals surface area contributed by atoms with Gasteiger partial charge in [-0.05, 0) is 19.9 Å². The average molecular weight is 189 g/mol. The molecule has 0 saturated heterocycles. The Morgan fingerprint density at radius 1 is 1.29 bits per heavy atom. The molecule has 0 spiro atoms. The smallest absolute Gasteiger partial charge is 0.0741 e. The van der Waals surface area contributed by atoms with E-state index in [0.29, 0.717) is 6.61 Å². The summed E-state index contributed by atoms with van der Waals surface area (Å²) in [5, 5.41) is 1.26. The molecule has 1 aromatic carbocycles. The molecule has 14 heavy (non-hydrogen) atoms. The number of H-pyrrole nitrogens is 1. The van der Waals surface area contributed by atoms with Gasteiger partial charge in [0.25, 0.3) is 0 Å². The summed E-state index contributed by atoms with van der Waals surface area (Å²) in [5.74, 6) is 0. The zero-order valence-electron chi connectivity index (χ0n) is 8.58. The minimum atomic E-state index is 0.281. The van der Waals surface area contributed by atoms with Crippen molar-refractivity contribution in [3.8, 4) is 0 Å². The van der Waals surface area contributed by atoms with E-state index in [9.17, 15) is 0 Å². The molecule has 1 N–H and O–H groups in total. The van der Waals surface area contributed by atoms with E-state index in [1.54, 1.807) is 0 Å². The quantitative estimate of drug-likeness (QED) is 0.788. The highest BCUT2D eigenvalue weighted by molar-refractivity contribution is 5.82. The van der Waals surface area contributed by atoms with Crippen LogP contribution in [-0.4, -0.2) is 11.1 Å². The fourth-order valence-electron chi connectivity index (χ4n) is 1.51. The van der Waals surface area contributed by atoms with E-state index in [1.165, 1.54) is 16.5 Å². The lowest BCUT2D eigenvalue weighted by Gasteiger charge is -2.05. The number of hydrogen-bond donors (Lipinski definition) is 1. The molecule has 0 fully saturated rings. The summed E-state index contributed by atoms with van der Waals surface area (Å²) in [5.41, 5.74) is 2.41. The van der Waals surface area contributed by atoms with Crippen molar-refractivity contribution in [3.05, 3.63) is 36.0 Å². The molecule has 0 amide bonds. The minimum Gasteiger partial charge on any atom is -0.374 e. The summed E-state index contributed by atoms with van der Waals surface area (Å²) in [7, 11) is 0. The zero-order valence-corrected chi connectivity index (χ0v) is 8.58. The van der Waals surface area contributed by atoms with Crippen LogP contribution in [0.3, 0.4) is 0 Å². The van der Waals surface area contributed by atoms with Crippen molar-refractivity contribution in [2.75, 3.05) is 0 Å². The van der Waals surface area contributed by atoms with Crippen LogP contribution >= 0.6 is 0 Å². The highest BCUT2D eigenvalue weighted by Gasteiger charge is 2.03. The molecule has 0 atom stereocenters. The highest BCUT2D eigenvalue weighted by Crippen LogP contribution is 2.18. The molecular formula is C12H15NO. The van der Waals surface area contributed by atoms with Crippen LogP contribution in [0.2, 0.25) is 0 Å². The molecule has 0 aliphatic rings. The molecule has 0 unspecified atom stereocenters. The second-order valence-corrected chi connectivity index (χ2v) is 3.72. The van der Waals surface area contributed by atoms with Crippen molar-refractivity contribution >= 4 is 10.9 Å². The Balaban J connectivity index is 2.25. The SMILES string of the molecule is CC(C)OCc1c[nH]c2ccccc12. The van der Waals surface area contributed by atoms with Crippen LogP contribution in [0.1, 0.15) is 19.4 Å². The van der Waals surface area contributed by atoms with E-state index in [-0.39, 0.29) is 6.10 Å². The van der Waals surface area contributed by atoms with E-state index >= 15 is 0 Å². The third-order valence-electron chi connectivity index (χ3n) is 2.25. The van der Waals surface area contributed by atoms with Gasteiger partial charge < -0.3 is 9.72 Å². The maximum atomic E-state index is 5.57. The van der Waals surface area contributed by atoms with Crippen molar-refractivity contribution in [1.82, 2.24) is 4.98 Å². The standard InChI is InChI=1S/C12H15NO/c1-9(2)14-8-10-7-13-12-6-4-3-5-11(10)12/h3-7,9,13H,8H2,1-2H3. The first-order valence-corrected chi connectivity index (χ1v) is 4.94. The summed E-state index contributed by atoms with van der Waals surface area (Å²) in [4.78, 5) is 3.23. The lowest BCUT2D eigenvalue weighted by Crippen LogP contribution is -2.01. The Kier molecular flexibility index (Phi) is 2.55. The molecule has 0 bridgehead atoms. The van der Waals surface area contributed by atoms with Crippen LogP contribution in [0.15, 0.2) is 30.5 Å². The maximum absolute atomic E-state index is 5.57. The first-order valence-electron chi connectivity index (χ1n) is 4.94. The van der Waals surface area contributed by atoms with Gasteiger partial charge in [-0.2, -0.15) is 0 Å². The fourth-order valence-corrected chi connectivity index (χ4v) is 1.51. The van der Waals surface area contributed by atoms with Gasteiger partial charge in [0.15, 0.2) is 0 Å². The number of rotatable bonds is 3. The van der Waals surface area contributed by atoms with Crippen LogP contribution in [-0.2, 0) is 11.3 Å². The van der Waals surface area contributed by atoms with Crippen molar-refractivity contribution in [1.29, 1.82) is 0 Å². The Morgan fingerprint density at radius 3 is 2.86 bits per heavy atom. The third-order valence-corrected chi connectivity index (χ3v) is 2.25. The number of para-hydroxylation sites is 1. The summed E-state index contributed by atoms with van der Waals surface area (Å²) < 4.78 is 5.57. The summed E-state index contributed by atoms with van der Waals surface area (Å²) in [6, 6.07) is 8.28. The lowest BCUT2D eigenvalue weighted by molar-refractivity contribution is 0.0664. The second kappa shape index (κ2) is 3.84. The third kappa shape index (κ3) is 1.80. The summed E-state index contributed by atoms with van der Waals surface area (Å²) >= 11 is 0. The molecule has 2 rings (SSSR count). The van der Waals surface area contributed by atoms with Gasteiger partial charge in [0.1, 0.15) is 0 Å². The highest BCUT2D eigenvalue weighted by atomic mass is 16.5. The molecule has 74 valence electrons. The minimum absolute atomic E-state index is 0.281. The first-order chi connectivity index (χ1) is 6.77. The van der Waals surface area contributed by atoms with Crippen molar-refractivity contribution in [2.45, 2.75) is 26.6 Å². The molecule has 0 aliphatic carbocycles. The van der Waals surface area contributed by atoms with Gasteiger partial charge in [-0.25, -0.2) is 0 Å². The Bertz CT molecular complexity index is 417. The number of fused-ring (bicyclic) bond motifs is 1. The second-order valence-electron chi connectivity index (χ2n) is 3.72. The van der Waals surface area contributed by atoms with E-state index in [4.69, 9.17) is 4.74 Å². The number of aromatic nitrogens is 1. The molecule has 2 heteroatoms. The predicted octanol–water partition coefficient (Wildman–Crippen LogP) is 3.09. The van der Waals surface area contributed by atoms with Gasteiger partial charge >= 0.3 is 0 Å². The Morgan fingerprint density at radius 2 is 2.07 bits per heavy atom. The molecule has 0 radical (unpaired) electrons. The van der Waals surface area contributed by atoms with Crippen LogP contribution in [0.4, 0.5) is 0 Å². The molecule has 0 saturated carbocycles. The van der Waals surface area contributed by atoms with Gasteiger partial charge in [-0.3, -0.25) is 0 Å². The van der Waals surface area contributed by atoms with Crippen molar-refractivity contribution in [3.63, 3.8) is 0 Å². The van der Waals surface area contributed by atoms with Gasteiger partial charge in [0.2, 0.25) is 0 Å². The van der Waals surface area contributed by atoms with Crippen LogP contribution in [0.5, 0.6) is 0 Å². The lowest BCUT2D eigenvalue weighted by atomic mass is 10.2. The Labute approximate surface area is 83.9 Å². The van der Waals surface area contributed by atoms with Gasteiger partial charge in [0.05, 0.1) is 12.7 Å². The van der Waals surface area contributed by atoms with Crippen molar-refractivity contribution < 1.29 is 4.74 Å². The van der Waals surface area contributed by atoms with E-state index in [2.05, 4.69) is 37.0 Å². The van der Waals surface area contributed by atoms with Gasteiger partial charge in [0, 0.05) is 22.7 Å². The molecule has 1 heterocycles. The molecule has 1 aromatic heterocycles. The number of nitrogens with one attached hydrogen (secondary N) is 1. The maximum Gasteiger partial charge on any atom is 0.0741 e. The molecule has 0 aliphatic heterocycles.